The van der Waals surface area contributed by atoms with Gasteiger partial charge in [0, 0.05) is 17.8 Å². The van der Waals surface area contributed by atoms with Crippen LogP contribution in [0.3, 0.4) is 0 Å². The summed E-state index contributed by atoms with van der Waals surface area (Å²) >= 11 is 0. The van der Waals surface area contributed by atoms with Crippen LogP contribution in [0.1, 0.15) is 51.1 Å². The first kappa shape index (κ1) is 14.3. The second-order valence-electron chi connectivity index (χ2n) is 5.67. The maximum Gasteiger partial charge on any atom is 0.141 e. The molecule has 1 aliphatic rings. The van der Waals surface area contributed by atoms with E-state index in [1.165, 1.54) is 31.2 Å². The Morgan fingerprint density at radius 1 is 1.37 bits per heavy atom. The van der Waals surface area contributed by atoms with Gasteiger partial charge >= 0.3 is 0 Å². The van der Waals surface area contributed by atoms with Crippen LogP contribution < -0.4 is 10.1 Å². The van der Waals surface area contributed by atoms with Crippen LogP contribution in [-0.4, -0.2) is 18.6 Å². The Balaban J connectivity index is 2.19. The number of methoxy groups -OCH3 is 1. The van der Waals surface area contributed by atoms with Gasteiger partial charge in [-0.25, -0.2) is 0 Å². The minimum absolute atomic E-state index is 0.399. The van der Waals surface area contributed by atoms with E-state index in [1.54, 1.807) is 7.11 Å². The lowest BCUT2D eigenvalue weighted by molar-refractivity contribution is 0.229. The van der Waals surface area contributed by atoms with Crippen LogP contribution in [0.2, 0.25) is 0 Å². The summed E-state index contributed by atoms with van der Waals surface area (Å²) in [6, 6.07) is 2.50. The molecule has 1 aliphatic carbocycles. The molecule has 3 nitrogen and oxygen atoms in total. The number of nitrogens with zero attached hydrogens (tertiary/aromatic N) is 1. The smallest absolute Gasteiger partial charge is 0.141 e. The van der Waals surface area contributed by atoms with Crippen molar-refractivity contribution in [3.05, 3.63) is 24.0 Å². The Hall–Kier alpha value is -1.09. The number of pyridine rings is 1. The Kier molecular flexibility index (Phi) is 5.20. The average Bonchev–Trinajstić information content (AvgIpc) is 2.46. The molecule has 1 saturated carbocycles. The molecule has 0 saturated heterocycles. The fourth-order valence-electron chi connectivity index (χ4n) is 3.19. The Morgan fingerprint density at radius 3 is 2.74 bits per heavy atom. The van der Waals surface area contributed by atoms with Crippen molar-refractivity contribution in [3.8, 4) is 5.75 Å². The first-order valence-electron chi connectivity index (χ1n) is 7.47. The van der Waals surface area contributed by atoms with Gasteiger partial charge in [0.1, 0.15) is 5.75 Å². The highest BCUT2D eigenvalue weighted by atomic mass is 16.5. The summed E-state index contributed by atoms with van der Waals surface area (Å²) < 4.78 is 5.48. The van der Waals surface area contributed by atoms with Crippen molar-refractivity contribution in [1.82, 2.24) is 10.3 Å². The number of aromatic nitrogens is 1. The third-order valence-corrected chi connectivity index (χ3v) is 4.33. The predicted octanol–water partition coefficient (Wildman–Crippen LogP) is 3.57. The third kappa shape index (κ3) is 3.47. The highest BCUT2D eigenvalue weighted by Crippen LogP contribution is 2.39. The molecule has 0 aliphatic heterocycles. The molecule has 1 fully saturated rings. The lowest BCUT2D eigenvalue weighted by atomic mass is 9.77. The third-order valence-electron chi connectivity index (χ3n) is 4.33. The molecular weight excluding hydrogens is 236 g/mol. The maximum atomic E-state index is 5.48. The van der Waals surface area contributed by atoms with Gasteiger partial charge in [-0.05, 0) is 37.3 Å². The van der Waals surface area contributed by atoms with Crippen molar-refractivity contribution in [2.24, 2.45) is 11.8 Å². The monoisotopic (exact) mass is 262 g/mol. The Bertz CT molecular complexity index is 386. The van der Waals surface area contributed by atoms with Gasteiger partial charge in [0.25, 0.3) is 0 Å². The summed E-state index contributed by atoms with van der Waals surface area (Å²) in [6.07, 6.45) is 9.01. The molecule has 0 aromatic carbocycles. The summed E-state index contributed by atoms with van der Waals surface area (Å²) in [6.45, 7) is 5.53. The lowest BCUT2D eigenvalue weighted by Gasteiger charge is -2.34. The molecule has 1 N–H and O–H groups in total. The van der Waals surface area contributed by atoms with Crippen LogP contribution in [0, 0.1) is 11.8 Å². The van der Waals surface area contributed by atoms with Gasteiger partial charge in [0.15, 0.2) is 0 Å². The zero-order chi connectivity index (χ0) is 13.7. The van der Waals surface area contributed by atoms with E-state index in [1.807, 2.05) is 12.4 Å². The van der Waals surface area contributed by atoms with Gasteiger partial charge in [-0.1, -0.05) is 26.7 Å². The van der Waals surface area contributed by atoms with Crippen LogP contribution in [0.15, 0.2) is 18.5 Å². The van der Waals surface area contributed by atoms with Gasteiger partial charge < -0.3 is 10.1 Å². The fraction of sp³-hybridized carbons (Fsp3) is 0.688. The standard InChI is InChI=1S/C16H26N2O/c1-4-18-16(13-7-5-12(2)6-8-13)14-9-10-17-11-15(14)19-3/h9-13,16,18H,4-8H2,1-3H3. The van der Waals surface area contributed by atoms with E-state index in [9.17, 15) is 0 Å². The van der Waals surface area contributed by atoms with Crippen molar-refractivity contribution in [2.45, 2.75) is 45.6 Å². The molecule has 0 amide bonds. The molecule has 1 unspecified atom stereocenters. The highest BCUT2D eigenvalue weighted by molar-refractivity contribution is 5.33. The molecular formula is C16H26N2O. The van der Waals surface area contributed by atoms with Crippen LogP contribution >= 0.6 is 0 Å². The van der Waals surface area contributed by atoms with Gasteiger partial charge in [-0.15, -0.1) is 0 Å². The van der Waals surface area contributed by atoms with Crippen molar-refractivity contribution in [3.63, 3.8) is 0 Å². The normalized spacial score (nSPS) is 25.0. The number of ether oxygens (including phenoxy) is 1. The molecule has 2 rings (SSSR count). The second-order valence-corrected chi connectivity index (χ2v) is 5.67. The molecule has 3 heteroatoms. The quantitative estimate of drug-likeness (QED) is 0.881. The number of hydrogen-bond donors (Lipinski definition) is 1. The largest absolute Gasteiger partial charge is 0.495 e. The minimum Gasteiger partial charge on any atom is -0.495 e. The lowest BCUT2D eigenvalue weighted by Crippen LogP contribution is -2.31. The van der Waals surface area contributed by atoms with Crippen molar-refractivity contribution in [1.29, 1.82) is 0 Å². The van der Waals surface area contributed by atoms with E-state index in [2.05, 4.69) is 30.2 Å². The van der Waals surface area contributed by atoms with E-state index in [-0.39, 0.29) is 0 Å². The topological polar surface area (TPSA) is 34.2 Å². The molecule has 0 bridgehead atoms. The van der Waals surface area contributed by atoms with Crippen LogP contribution in [0.5, 0.6) is 5.75 Å². The Morgan fingerprint density at radius 2 is 2.11 bits per heavy atom. The molecule has 106 valence electrons. The van der Waals surface area contributed by atoms with Gasteiger partial charge in [-0.2, -0.15) is 0 Å². The molecule has 19 heavy (non-hydrogen) atoms. The van der Waals surface area contributed by atoms with Crippen molar-refractivity contribution >= 4 is 0 Å². The molecule has 1 heterocycles. The van der Waals surface area contributed by atoms with E-state index >= 15 is 0 Å². The highest BCUT2D eigenvalue weighted by Gasteiger charge is 2.28. The number of nitrogens with one attached hydrogen (secondary N) is 1. The molecule has 0 spiro atoms. The first-order chi connectivity index (χ1) is 9.26. The van der Waals surface area contributed by atoms with Gasteiger partial charge in [-0.3, -0.25) is 4.98 Å². The molecule has 1 aromatic rings. The van der Waals surface area contributed by atoms with E-state index in [0.29, 0.717) is 12.0 Å². The zero-order valence-corrected chi connectivity index (χ0v) is 12.4. The van der Waals surface area contributed by atoms with E-state index in [0.717, 1.165) is 18.2 Å². The average molecular weight is 262 g/mol. The summed E-state index contributed by atoms with van der Waals surface area (Å²) in [5.41, 5.74) is 1.26. The van der Waals surface area contributed by atoms with Gasteiger partial charge in [0.05, 0.1) is 13.3 Å². The van der Waals surface area contributed by atoms with Crippen molar-refractivity contribution in [2.75, 3.05) is 13.7 Å². The SMILES string of the molecule is CCNC(c1ccncc1OC)C1CCC(C)CC1. The number of rotatable bonds is 5. The number of hydrogen-bond acceptors (Lipinski definition) is 3. The minimum atomic E-state index is 0.399. The molecule has 0 radical (unpaired) electrons. The molecule has 1 atom stereocenters. The fourth-order valence-corrected chi connectivity index (χ4v) is 3.19. The summed E-state index contributed by atoms with van der Waals surface area (Å²) in [5.74, 6) is 2.51. The zero-order valence-electron chi connectivity index (χ0n) is 12.4. The van der Waals surface area contributed by atoms with Crippen molar-refractivity contribution < 1.29 is 4.74 Å². The summed E-state index contributed by atoms with van der Waals surface area (Å²) in [4.78, 5) is 4.16. The second kappa shape index (κ2) is 6.90. The summed E-state index contributed by atoms with van der Waals surface area (Å²) in [5, 5.41) is 3.65. The van der Waals surface area contributed by atoms with E-state index in [4.69, 9.17) is 4.74 Å². The van der Waals surface area contributed by atoms with E-state index < -0.39 is 0 Å². The van der Waals surface area contributed by atoms with Crippen LogP contribution in [0.4, 0.5) is 0 Å². The van der Waals surface area contributed by atoms with Gasteiger partial charge in [0.2, 0.25) is 0 Å². The van der Waals surface area contributed by atoms with Crippen LogP contribution in [-0.2, 0) is 0 Å². The predicted molar refractivity (Wildman–Crippen MR) is 78.3 cm³/mol. The molecule has 1 aromatic heterocycles. The summed E-state index contributed by atoms with van der Waals surface area (Å²) in [7, 11) is 1.73. The van der Waals surface area contributed by atoms with Crippen LogP contribution in [0.25, 0.3) is 0 Å². The maximum absolute atomic E-state index is 5.48. The first-order valence-corrected chi connectivity index (χ1v) is 7.47. The Labute approximate surface area is 116 Å².